The van der Waals surface area contributed by atoms with E-state index in [4.69, 9.17) is 11.6 Å². The van der Waals surface area contributed by atoms with Gasteiger partial charge in [0.05, 0.1) is 13.1 Å². The van der Waals surface area contributed by atoms with Gasteiger partial charge in [0.1, 0.15) is 0 Å². The average molecular weight is 256 g/mol. The van der Waals surface area contributed by atoms with Gasteiger partial charge in [0.2, 0.25) is 11.8 Å². The van der Waals surface area contributed by atoms with Crippen molar-refractivity contribution in [2.75, 3.05) is 25.5 Å². The van der Waals surface area contributed by atoms with E-state index in [1.165, 1.54) is 7.05 Å². The summed E-state index contributed by atoms with van der Waals surface area (Å²) in [4.78, 5) is 22.3. The quantitative estimate of drug-likeness (QED) is 0.722. The Morgan fingerprint density at radius 2 is 1.71 bits per heavy atom. The fourth-order valence-corrected chi connectivity index (χ4v) is 1.24. The molecule has 0 radical (unpaired) electrons. The average Bonchev–Trinajstić information content (AvgIpc) is 2.32. The Hall–Kier alpha value is -1.59. The van der Waals surface area contributed by atoms with Crippen molar-refractivity contribution in [3.8, 4) is 0 Å². The molecule has 1 aromatic rings. The lowest BCUT2D eigenvalue weighted by molar-refractivity contribution is -0.119. The van der Waals surface area contributed by atoms with Crippen molar-refractivity contribution in [2.45, 2.75) is 0 Å². The molecule has 0 bridgehead atoms. The summed E-state index contributed by atoms with van der Waals surface area (Å²) in [6.45, 7) is 0.195. The fourth-order valence-electron chi connectivity index (χ4n) is 1.12. The van der Waals surface area contributed by atoms with Gasteiger partial charge in [-0.05, 0) is 24.3 Å². The van der Waals surface area contributed by atoms with Gasteiger partial charge in [0, 0.05) is 17.8 Å². The van der Waals surface area contributed by atoms with Gasteiger partial charge in [-0.2, -0.15) is 0 Å². The third kappa shape index (κ3) is 5.33. The number of benzene rings is 1. The lowest BCUT2D eigenvalue weighted by atomic mass is 10.3. The monoisotopic (exact) mass is 255 g/mol. The van der Waals surface area contributed by atoms with Crippen molar-refractivity contribution >= 4 is 29.1 Å². The second-order valence-corrected chi connectivity index (χ2v) is 3.77. The molecule has 0 atom stereocenters. The van der Waals surface area contributed by atoms with Crippen molar-refractivity contribution in [3.05, 3.63) is 29.3 Å². The van der Waals surface area contributed by atoms with Gasteiger partial charge >= 0.3 is 0 Å². The van der Waals surface area contributed by atoms with E-state index in [1.807, 2.05) is 0 Å². The van der Waals surface area contributed by atoms with E-state index in [1.54, 1.807) is 24.3 Å². The van der Waals surface area contributed by atoms with Crippen molar-refractivity contribution in [1.82, 2.24) is 10.6 Å². The Labute approximate surface area is 105 Å². The molecule has 3 N–H and O–H groups in total. The molecule has 0 aliphatic rings. The zero-order valence-corrected chi connectivity index (χ0v) is 10.2. The number of carbonyl (C=O) groups excluding carboxylic acids is 2. The summed E-state index contributed by atoms with van der Waals surface area (Å²) in [7, 11) is 1.54. The molecule has 0 saturated heterocycles. The first-order valence-electron chi connectivity index (χ1n) is 5.08. The first-order chi connectivity index (χ1) is 8.11. The summed E-state index contributed by atoms with van der Waals surface area (Å²) in [5.41, 5.74) is 0.668. The molecule has 0 aliphatic carbocycles. The molecule has 0 heterocycles. The van der Waals surface area contributed by atoms with E-state index in [0.717, 1.165) is 0 Å². The molecule has 6 heteroatoms. The number of amides is 2. The Balaban J connectivity index is 2.30. The van der Waals surface area contributed by atoms with E-state index >= 15 is 0 Å². The summed E-state index contributed by atoms with van der Waals surface area (Å²) in [6.07, 6.45) is 0. The van der Waals surface area contributed by atoms with Crippen molar-refractivity contribution in [2.24, 2.45) is 0 Å². The summed E-state index contributed by atoms with van der Waals surface area (Å²) >= 11 is 5.71. The molecule has 0 unspecified atom stereocenters. The highest BCUT2D eigenvalue weighted by Gasteiger charge is 2.03. The molecule has 5 nitrogen and oxygen atoms in total. The van der Waals surface area contributed by atoms with Crippen molar-refractivity contribution < 1.29 is 9.59 Å². The Morgan fingerprint density at radius 1 is 1.12 bits per heavy atom. The smallest absolute Gasteiger partial charge is 0.238 e. The van der Waals surface area contributed by atoms with Crippen LogP contribution in [-0.2, 0) is 9.59 Å². The van der Waals surface area contributed by atoms with Crippen molar-refractivity contribution in [3.63, 3.8) is 0 Å². The molecule has 0 aliphatic heterocycles. The van der Waals surface area contributed by atoms with Crippen LogP contribution in [0.2, 0.25) is 5.02 Å². The highest BCUT2D eigenvalue weighted by molar-refractivity contribution is 6.30. The standard InChI is InChI=1S/C11H14ClN3O2/c1-13-10(16)6-14-7-11(17)15-9-4-2-8(12)3-5-9/h2-5,14H,6-7H2,1H3,(H,13,16)(H,15,17). The minimum atomic E-state index is -0.212. The molecule has 1 aromatic carbocycles. The van der Waals surface area contributed by atoms with E-state index in [2.05, 4.69) is 16.0 Å². The third-order valence-corrected chi connectivity index (χ3v) is 2.23. The maximum Gasteiger partial charge on any atom is 0.238 e. The normalized spacial score (nSPS) is 9.76. The minimum absolute atomic E-state index is 0.0794. The second kappa shape index (κ2) is 6.88. The fraction of sp³-hybridized carbons (Fsp3) is 0.273. The second-order valence-electron chi connectivity index (χ2n) is 3.33. The van der Waals surface area contributed by atoms with Crippen LogP contribution >= 0.6 is 11.6 Å². The number of carbonyl (C=O) groups is 2. The van der Waals surface area contributed by atoms with Gasteiger partial charge in [-0.25, -0.2) is 0 Å². The van der Waals surface area contributed by atoms with Crippen LogP contribution in [0.25, 0.3) is 0 Å². The van der Waals surface area contributed by atoms with Crippen LogP contribution in [0.5, 0.6) is 0 Å². The van der Waals surface area contributed by atoms with Gasteiger partial charge in [0.25, 0.3) is 0 Å². The third-order valence-electron chi connectivity index (χ3n) is 1.98. The van der Waals surface area contributed by atoms with E-state index in [0.29, 0.717) is 10.7 Å². The topological polar surface area (TPSA) is 70.2 Å². The highest BCUT2D eigenvalue weighted by Crippen LogP contribution is 2.12. The van der Waals surface area contributed by atoms with Crippen LogP contribution in [0.1, 0.15) is 0 Å². The van der Waals surface area contributed by atoms with Crippen LogP contribution in [0.15, 0.2) is 24.3 Å². The number of rotatable bonds is 5. The summed E-state index contributed by atoms with van der Waals surface area (Å²) in [5.74, 6) is -0.375. The van der Waals surface area contributed by atoms with Gasteiger partial charge < -0.3 is 10.6 Å². The maximum absolute atomic E-state index is 11.4. The highest BCUT2D eigenvalue weighted by atomic mass is 35.5. The first-order valence-corrected chi connectivity index (χ1v) is 5.46. The molecule has 0 saturated carbocycles. The van der Waals surface area contributed by atoms with Gasteiger partial charge in [-0.3, -0.25) is 14.9 Å². The van der Waals surface area contributed by atoms with Crippen LogP contribution < -0.4 is 16.0 Å². The Kier molecular flexibility index (Phi) is 5.45. The van der Waals surface area contributed by atoms with Crippen LogP contribution in [0, 0.1) is 0 Å². The zero-order chi connectivity index (χ0) is 12.7. The Morgan fingerprint density at radius 3 is 2.29 bits per heavy atom. The number of hydrogen-bond acceptors (Lipinski definition) is 3. The number of likely N-dealkylation sites (N-methyl/N-ethyl adjacent to an activating group) is 1. The van der Waals surface area contributed by atoms with Gasteiger partial charge in [-0.1, -0.05) is 11.6 Å². The largest absolute Gasteiger partial charge is 0.358 e. The first kappa shape index (κ1) is 13.5. The molecule has 0 spiro atoms. The lowest BCUT2D eigenvalue weighted by Crippen LogP contribution is -2.36. The molecule has 17 heavy (non-hydrogen) atoms. The number of nitrogens with one attached hydrogen (secondary N) is 3. The minimum Gasteiger partial charge on any atom is -0.358 e. The SMILES string of the molecule is CNC(=O)CNCC(=O)Nc1ccc(Cl)cc1. The predicted molar refractivity (Wildman–Crippen MR) is 67.0 cm³/mol. The molecule has 92 valence electrons. The molecule has 1 rings (SSSR count). The Bertz CT molecular complexity index is 392. The van der Waals surface area contributed by atoms with Crippen LogP contribution in [0.4, 0.5) is 5.69 Å². The van der Waals surface area contributed by atoms with Gasteiger partial charge in [-0.15, -0.1) is 0 Å². The van der Waals surface area contributed by atoms with Crippen LogP contribution in [-0.4, -0.2) is 32.0 Å². The molecular formula is C11H14ClN3O2. The predicted octanol–water partition coefficient (Wildman–Crippen LogP) is 0.614. The summed E-state index contributed by atoms with van der Waals surface area (Å²) in [6, 6.07) is 6.79. The number of anilines is 1. The van der Waals surface area contributed by atoms with Crippen molar-refractivity contribution in [1.29, 1.82) is 0 Å². The van der Waals surface area contributed by atoms with Gasteiger partial charge in [0.15, 0.2) is 0 Å². The van der Waals surface area contributed by atoms with E-state index in [-0.39, 0.29) is 24.9 Å². The summed E-state index contributed by atoms with van der Waals surface area (Å²) < 4.78 is 0. The zero-order valence-electron chi connectivity index (χ0n) is 9.42. The van der Waals surface area contributed by atoms with Crippen LogP contribution in [0.3, 0.4) is 0 Å². The maximum atomic E-state index is 11.4. The van der Waals surface area contributed by atoms with E-state index < -0.39 is 0 Å². The lowest BCUT2D eigenvalue weighted by Gasteiger charge is -2.06. The summed E-state index contributed by atoms with van der Waals surface area (Å²) in [5, 5.41) is 8.45. The molecule has 0 aromatic heterocycles. The van der Waals surface area contributed by atoms with E-state index in [9.17, 15) is 9.59 Å². The molecule has 0 fully saturated rings. The number of halogens is 1. The molecule has 2 amide bonds. The number of hydrogen-bond donors (Lipinski definition) is 3. The molecular weight excluding hydrogens is 242 g/mol.